The van der Waals surface area contributed by atoms with Crippen LogP contribution in [0.25, 0.3) is 0 Å². The van der Waals surface area contributed by atoms with Crippen molar-refractivity contribution in [2.24, 2.45) is 5.92 Å². The molecule has 1 nitrogen and oxygen atoms in total. The Bertz CT molecular complexity index is 112. The summed E-state index contributed by atoms with van der Waals surface area (Å²) in [6.45, 7) is 4.53. The average Bonchev–Trinajstić information content (AvgIpc) is 2.06. The summed E-state index contributed by atoms with van der Waals surface area (Å²) in [5, 5.41) is 0. The van der Waals surface area contributed by atoms with E-state index in [-0.39, 0.29) is 5.60 Å². The third-order valence-electron chi connectivity index (χ3n) is 3.23. The minimum absolute atomic E-state index is 0.200. The minimum atomic E-state index is 0.200. The lowest BCUT2D eigenvalue weighted by molar-refractivity contribution is -0.0340. The molecule has 0 aromatic rings. The molecule has 0 aliphatic heterocycles. The normalized spacial score (nSPS) is 39.0. The Morgan fingerprint density at radius 2 is 1.91 bits per heavy atom. The zero-order valence-electron chi connectivity index (χ0n) is 8.02. The van der Waals surface area contributed by atoms with Gasteiger partial charge >= 0.3 is 0 Å². The highest BCUT2D eigenvalue weighted by molar-refractivity contribution is 4.82. The molecule has 0 N–H and O–H groups in total. The van der Waals surface area contributed by atoms with E-state index in [0.717, 1.165) is 5.92 Å². The van der Waals surface area contributed by atoms with Gasteiger partial charge in [0.05, 0.1) is 5.60 Å². The Balaban J connectivity index is 2.35. The van der Waals surface area contributed by atoms with Crippen molar-refractivity contribution in [3.63, 3.8) is 0 Å². The third-order valence-corrected chi connectivity index (χ3v) is 3.23. The van der Waals surface area contributed by atoms with Crippen molar-refractivity contribution in [2.75, 3.05) is 7.11 Å². The fourth-order valence-corrected chi connectivity index (χ4v) is 1.90. The number of methoxy groups -OCH3 is 1. The van der Waals surface area contributed by atoms with Crippen LogP contribution in [0.5, 0.6) is 0 Å². The summed E-state index contributed by atoms with van der Waals surface area (Å²) < 4.78 is 5.47. The van der Waals surface area contributed by atoms with Crippen LogP contribution in [0.3, 0.4) is 0 Å². The summed E-state index contributed by atoms with van der Waals surface area (Å²) in [5.74, 6) is 0.971. The first-order chi connectivity index (χ1) is 5.20. The highest BCUT2D eigenvalue weighted by Gasteiger charge is 2.29. The van der Waals surface area contributed by atoms with Crippen LogP contribution in [0.15, 0.2) is 0 Å². The summed E-state index contributed by atoms with van der Waals surface area (Å²) in [7, 11) is 1.84. The molecule has 0 unspecified atom stereocenters. The first-order valence-corrected chi connectivity index (χ1v) is 4.75. The van der Waals surface area contributed by atoms with Crippen LogP contribution in [-0.2, 0) is 4.74 Å². The molecule has 1 aliphatic rings. The van der Waals surface area contributed by atoms with Crippen LogP contribution < -0.4 is 0 Å². The zero-order valence-corrected chi connectivity index (χ0v) is 8.02. The second-order valence-corrected chi connectivity index (χ2v) is 4.01. The van der Waals surface area contributed by atoms with Crippen molar-refractivity contribution < 1.29 is 4.74 Å². The van der Waals surface area contributed by atoms with E-state index in [1.165, 1.54) is 32.1 Å². The highest BCUT2D eigenvalue weighted by atomic mass is 16.5. The van der Waals surface area contributed by atoms with Crippen molar-refractivity contribution >= 4 is 0 Å². The van der Waals surface area contributed by atoms with E-state index in [4.69, 9.17) is 4.74 Å². The molecular formula is C10H20O. The fourth-order valence-electron chi connectivity index (χ4n) is 1.90. The number of hydrogen-bond donors (Lipinski definition) is 0. The van der Waals surface area contributed by atoms with Crippen molar-refractivity contribution in [3.8, 4) is 0 Å². The van der Waals surface area contributed by atoms with Crippen molar-refractivity contribution in [3.05, 3.63) is 0 Å². The molecule has 1 rings (SSSR count). The molecule has 11 heavy (non-hydrogen) atoms. The number of ether oxygens (including phenoxy) is 1. The molecule has 0 spiro atoms. The molecule has 0 amide bonds. The lowest BCUT2D eigenvalue weighted by atomic mass is 9.79. The van der Waals surface area contributed by atoms with Crippen LogP contribution in [0.4, 0.5) is 0 Å². The van der Waals surface area contributed by atoms with E-state index in [2.05, 4.69) is 13.8 Å². The maximum atomic E-state index is 5.47. The van der Waals surface area contributed by atoms with Crippen LogP contribution in [-0.4, -0.2) is 12.7 Å². The molecule has 1 saturated carbocycles. The summed E-state index contributed by atoms with van der Waals surface area (Å²) in [6, 6.07) is 0. The quantitative estimate of drug-likeness (QED) is 0.597. The molecule has 0 heterocycles. The predicted molar refractivity (Wildman–Crippen MR) is 47.7 cm³/mol. The molecule has 0 aromatic carbocycles. The van der Waals surface area contributed by atoms with Gasteiger partial charge in [-0.15, -0.1) is 0 Å². The van der Waals surface area contributed by atoms with Crippen molar-refractivity contribution in [2.45, 2.75) is 51.6 Å². The SMILES string of the molecule is CCC1CCC(C)(OC)CC1. The van der Waals surface area contributed by atoms with E-state index in [1.807, 2.05) is 7.11 Å². The second-order valence-electron chi connectivity index (χ2n) is 4.01. The fraction of sp³-hybridized carbons (Fsp3) is 1.00. The largest absolute Gasteiger partial charge is 0.379 e. The Labute approximate surface area is 70.1 Å². The van der Waals surface area contributed by atoms with Crippen molar-refractivity contribution in [1.29, 1.82) is 0 Å². The van der Waals surface area contributed by atoms with E-state index in [1.54, 1.807) is 0 Å². The number of rotatable bonds is 2. The van der Waals surface area contributed by atoms with Gasteiger partial charge < -0.3 is 4.74 Å². The van der Waals surface area contributed by atoms with Crippen molar-refractivity contribution in [1.82, 2.24) is 0 Å². The molecule has 0 saturated heterocycles. The maximum absolute atomic E-state index is 5.47. The molecule has 0 bridgehead atoms. The number of hydrogen-bond acceptors (Lipinski definition) is 1. The van der Waals surface area contributed by atoms with Gasteiger partial charge in [0.25, 0.3) is 0 Å². The molecule has 1 aliphatic carbocycles. The van der Waals surface area contributed by atoms with Gasteiger partial charge in [-0.1, -0.05) is 13.3 Å². The third kappa shape index (κ3) is 2.19. The molecule has 1 heteroatoms. The summed E-state index contributed by atoms with van der Waals surface area (Å²) in [6.07, 6.45) is 6.57. The summed E-state index contributed by atoms with van der Waals surface area (Å²) in [4.78, 5) is 0. The van der Waals surface area contributed by atoms with Gasteiger partial charge in [0.2, 0.25) is 0 Å². The maximum Gasteiger partial charge on any atom is 0.0651 e. The Morgan fingerprint density at radius 3 is 2.27 bits per heavy atom. The van der Waals surface area contributed by atoms with Crippen LogP contribution in [0.1, 0.15) is 46.0 Å². The van der Waals surface area contributed by atoms with E-state index in [9.17, 15) is 0 Å². The average molecular weight is 156 g/mol. The first-order valence-electron chi connectivity index (χ1n) is 4.75. The smallest absolute Gasteiger partial charge is 0.0651 e. The first kappa shape index (κ1) is 9.05. The van der Waals surface area contributed by atoms with E-state index >= 15 is 0 Å². The Kier molecular flexibility index (Phi) is 2.94. The minimum Gasteiger partial charge on any atom is -0.379 e. The van der Waals surface area contributed by atoms with Crippen LogP contribution >= 0.6 is 0 Å². The van der Waals surface area contributed by atoms with Gasteiger partial charge in [-0.05, 0) is 38.5 Å². The lowest BCUT2D eigenvalue weighted by Gasteiger charge is -2.35. The van der Waals surface area contributed by atoms with Crippen LogP contribution in [0, 0.1) is 5.92 Å². The Morgan fingerprint density at radius 1 is 1.36 bits per heavy atom. The van der Waals surface area contributed by atoms with Crippen LogP contribution in [0.2, 0.25) is 0 Å². The molecule has 0 radical (unpaired) electrons. The highest BCUT2D eigenvalue weighted by Crippen LogP contribution is 2.35. The molecular weight excluding hydrogens is 136 g/mol. The van der Waals surface area contributed by atoms with E-state index in [0.29, 0.717) is 0 Å². The van der Waals surface area contributed by atoms with Gasteiger partial charge in [-0.3, -0.25) is 0 Å². The topological polar surface area (TPSA) is 9.23 Å². The Hall–Kier alpha value is -0.0400. The monoisotopic (exact) mass is 156 g/mol. The summed E-state index contributed by atoms with van der Waals surface area (Å²) in [5.41, 5.74) is 0.200. The standard InChI is InChI=1S/C10H20O/c1-4-9-5-7-10(2,11-3)8-6-9/h9H,4-8H2,1-3H3. The second kappa shape index (κ2) is 3.57. The molecule has 0 aromatic heterocycles. The van der Waals surface area contributed by atoms with Gasteiger partial charge in [0.1, 0.15) is 0 Å². The zero-order chi connectivity index (χ0) is 8.32. The van der Waals surface area contributed by atoms with Gasteiger partial charge in [0, 0.05) is 7.11 Å². The molecule has 66 valence electrons. The predicted octanol–water partition coefficient (Wildman–Crippen LogP) is 2.99. The van der Waals surface area contributed by atoms with Gasteiger partial charge in [0.15, 0.2) is 0 Å². The molecule has 0 atom stereocenters. The van der Waals surface area contributed by atoms with Gasteiger partial charge in [-0.2, -0.15) is 0 Å². The van der Waals surface area contributed by atoms with Gasteiger partial charge in [-0.25, -0.2) is 0 Å². The molecule has 1 fully saturated rings. The van der Waals surface area contributed by atoms with E-state index < -0.39 is 0 Å². The lowest BCUT2D eigenvalue weighted by Crippen LogP contribution is -2.32. The summed E-state index contributed by atoms with van der Waals surface area (Å²) >= 11 is 0.